The molecule has 0 aliphatic carbocycles. The van der Waals surface area contributed by atoms with Crippen LogP contribution in [0.1, 0.15) is 54.4 Å². The lowest BCUT2D eigenvalue weighted by molar-refractivity contribution is -0.132. The van der Waals surface area contributed by atoms with Gasteiger partial charge in [0.05, 0.1) is 0 Å². The standard InChI is InChI=1S/C24H29N3O3/c28-22(21-6-2-1-3-7-21)9-11-24(30)27-15-12-19(13-16-27)8-10-23(29)26-18-20-5-4-14-25-17-20/h1-7,14,17,19H,8-13,15-16,18H2,(H,26,29). The van der Waals surface area contributed by atoms with E-state index in [-0.39, 0.29) is 30.4 Å². The molecule has 3 rings (SSSR count). The van der Waals surface area contributed by atoms with Crippen LogP contribution >= 0.6 is 0 Å². The lowest BCUT2D eigenvalue weighted by Gasteiger charge is -2.32. The molecule has 6 nitrogen and oxygen atoms in total. The molecule has 1 aliphatic rings. The minimum absolute atomic E-state index is 0.0103. The van der Waals surface area contributed by atoms with Crippen molar-refractivity contribution in [3.8, 4) is 0 Å². The number of amides is 2. The molecule has 2 aromatic rings. The van der Waals surface area contributed by atoms with Crippen molar-refractivity contribution < 1.29 is 14.4 Å². The predicted molar refractivity (Wildman–Crippen MR) is 115 cm³/mol. The zero-order chi connectivity index (χ0) is 21.2. The van der Waals surface area contributed by atoms with Gasteiger partial charge in [0, 0.05) is 56.9 Å². The summed E-state index contributed by atoms with van der Waals surface area (Å²) in [6.45, 7) is 1.92. The van der Waals surface area contributed by atoms with Crippen LogP contribution in [0.15, 0.2) is 54.9 Å². The smallest absolute Gasteiger partial charge is 0.223 e. The van der Waals surface area contributed by atoms with E-state index < -0.39 is 0 Å². The van der Waals surface area contributed by atoms with Crippen LogP contribution in [0, 0.1) is 5.92 Å². The quantitative estimate of drug-likeness (QED) is 0.647. The molecule has 1 aliphatic heterocycles. The van der Waals surface area contributed by atoms with E-state index in [0.29, 0.717) is 37.5 Å². The van der Waals surface area contributed by atoms with Crippen molar-refractivity contribution in [1.82, 2.24) is 15.2 Å². The average molecular weight is 408 g/mol. The highest BCUT2D eigenvalue weighted by Gasteiger charge is 2.23. The Morgan fingerprint density at radius 1 is 0.967 bits per heavy atom. The Hall–Kier alpha value is -3.02. The molecule has 2 heterocycles. The molecule has 2 amide bonds. The third-order valence-corrected chi connectivity index (χ3v) is 5.62. The fourth-order valence-electron chi connectivity index (χ4n) is 3.74. The summed E-state index contributed by atoms with van der Waals surface area (Å²) >= 11 is 0. The Morgan fingerprint density at radius 3 is 2.43 bits per heavy atom. The third kappa shape index (κ3) is 6.79. The molecule has 0 bridgehead atoms. The van der Waals surface area contributed by atoms with Crippen LogP contribution in [0.3, 0.4) is 0 Å². The number of hydrogen-bond acceptors (Lipinski definition) is 4. The van der Waals surface area contributed by atoms with Gasteiger partial charge in [0.2, 0.25) is 11.8 Å². The monoisotopic (exact) mass is 407 g/mol. The lowest BCUT2D eigenvalue weighted by atomic mass is 9.91. The van der Waals surface area contributed by atoms with Gasteiger partial charge < -0.3 is 10.2 Å². The molecular weight excluding hydrogens is 378 g/mol. The average Bonchev–Trinajstić information content (AvgIpc) is 2.81. The van der Waals surface area contributed by atoms with Gasteiger partial charge in [-0.1, -0.05) is 36.4 Å². The highest BCUT2D eigenvalue weighted by Crippen LogP contribution is 2.22. The number of carbonyl (C=O) groups excluding carboxylic acids is 3. The van der Waals surface area contributed by atoms with Crippen LogP contribution in [0.4, 0.5) is 0 Å². The highest BCUT2D eigenvalue weighted by molar-refractivity contribution is 5.97. The van der Waals surface area contributed by atoms with Gasteiger partial charge in [-0.25, -0.2) is 0 Å². The van der Waals surface area contributed by atoms with Gasteiger partial charge >= 0.3 is 0 Å². The number of pyridine rings is 1. The first-order valence-corrected chi connectivity index (χ1v) is 10.6. The SMILES string of the molecule is O=C(CCC1CCN(C(=O)CCC(=O)c2ccccc2)CC1)NCc1cccnc1. The van der Waals surface area contributed by atoms with Gasteiger partial charge in [-0.3, -0.25) is 19.4 Å². The number of Topliss-reactive ketones (excluding diaryl/α,β-unsaturated/α-hetero) is 1. The van der Waals surface area contributed by atoms with Crippen LogP contribution in [-0.4, -0.2) is 40.6 Å². The number of piperidine rings is 1. The van der Waals surface area contributed by atoms with Crippen molar-refractivity contribution in [3.63, 3.8) is 0 Å². The Labute approximate surface area is 177 Å². The summed E-state index contributed by atoms with van der Waals surface area (Å²) in [5, 5.41) is 2.93. The number of ketones is 1. The van der Waals surface area contributed by atoms with Gasteiger partial charge in [0.25, 0.3) is 0 Å². The number of carbonyl (C=O) groups is 3. The van der Waals surface area contributed by atoms with E-state index in [1.165, 1.54) is 0 Å². The van der Waals surface area contributed by atoms with E-state index in [1.54, 1.807) is 24.5 Å². The van der Waals surface area contributed by atoms with Gasteiger partial charge in [0.1, 0.15) is 0 Å². The molecule has 1 aromatic carbocycles. The lowest BCUT2D eigenvalue weighted by Crippen LogP contribution is -2.38. The molecule has 1 fully saturated rings. The summed E-state index contributed by atoms with van der Waals surface area (Å²) in [4.78, 5) is 42.6. The Kier molecular flexibility index (Phi) is 8.12. The van der Waals surface area contributed by atoms with Crippen molar-refractivity contribution in [3.05, 3.63) is 66.0 Å². The highest BCUT2D eigenvalue weighted by atomic mass is 16.2. The second-order valence-electron chi connectivity index (χ2n) is 7.79. The molecule has 1 aromatic heterocycles. The molecule has 6 heteroatoms. The molecule has 0 saturated carbocycles. The first-order valence-electron chi connectivity index (χ1n) is 10.6. The van der Waals surface area contributed by atoms with E-state index in [2.05, 4.69) is 10.3 Å². The van der Waals surface area contributed by atoms with Crippen LogP contribution in [0.25, 0.3) is 0 Å². The molecule has 0 spiro atoms. The summed E-state index contributed by atoms with van der Waals surface area (Å²) in [7, 11) is 0. The van der Waals surface area contributed by atoms with E-state index in [9.17, 15) is 14.4 Å². The molecule has 1 saturated heterocycles. The van der Waals surface area contributed by atoms with Crippen LogP contribution in [0.2, 0.25) is 0 Å². The maximum absolute atomic E-state index is 12.4. The maximum atomic E-state index is 12.4. The molecular formula is C24H29N3O3. The Morgan fingerprint density at radius 2 is 1.73 bits per heavy atom. The number of benzene rings is 1. The molecule has 30 heavy (non-hydrogen) atoms. The van der Waals surface area contributed by atoms with E-state index in [1.807, 2.05) is 35.2 Å². The number of rotatable bonds is 9. The van der Waals surface area contributed by atoms with Gasteiger partial charge in [-0.05, 0) is 36.8 Å². The van der Waals surface area contributed by atoms with Crippen molar-refractivity contribution >= 4 is 17.6 Å². The summed E-state index contributed by atoms with van der Waals surface area (Å²) < 4.78 is 0. The van der Waals surface area contributed by atoms with Crippen LogP contribution in [0.5, 0.6) is 0 Å². The van der Waals surface area contributed by atoms with Crippen molar-refractivity contribution in [1.29, 1.82) is 0 Å². The fraction of sp³-hybridized carbons (Fsp3) is 0.417. The summed E-state index contributed by atoms with van der Waals surface area (Å²) in [6.07, 6.45) is 7.14. The number of nitrogens with zero attached hydrogens (tertiary/aromatic N) is 2. The summed E-state index contributed by atoms with van der Waals surface area (Å²) in [5.41, 5.74) is 1.65. The molecule has 0 unspecified atom stereocenters. The van der Waals surface area contributed by atoms with Crippen LogP contribution < -0.4 is 5.32 Å². The van der Waals surface area contributed by atoms with Crippen molar-refractivity contribution in [2.75, 3.05) is 13.1 Å². The normalized spacial score (nSPS) is 14.3. The predicted octanol–water partition coefficient (Wildman–Crippen LogP) is 3.38. The Bertz CT molecular complexity index is 831. The minimum atomic E-state index is 0.0103. The topological polar surface area (TPSA) is 79.4 Å². The molecule has 0 radical (unpaired) electrons. The number of aromatic nitrogens is 1. The van der Waals surface area contributed by atoms with E-state index in [0.717, 1.165) is 24.8 Å². The first kappa shape index (κ1) is 21.7. The minimum Gasteiger partial charge on any atom is -0.352 e. The largest absolute Gasteiger partial charge is 0.352 e. The molecule has 158 valence electrons. The first-order chi connectivity index (χ1) is 14.6. The van der Waals surface area contributed by atoms with Crippen LogP contribution in [-0.2, 0) is 16.1 Å². The van der Waals surface area contributed by atoms with E-state index in [4.69, 9.17) is 0 Å². The zero-order valence-corrected chi connectivity index (χ0v) is 17.3. The van der Waals surface area contributed by atoms with Crippen molar-refractivity contribution in [2.45, 2.75) is 45.1 Å². The second kappa shape index (κ2) is 11.2. The molecule has 0 atom stereocenters. The fourth-order valence-corrected chi connectivity index (χ4v) is 3.74. The number of likely N-dealkylation sites (tertiary alicyclic amines) is 1. The van der Waals surface area contributed by atoms with Gasteiger partial charge in [0.15, 0.2) is 5.78 Å². The number of nitrogens with one attached hydrogen (secondary N) is 1. The van der Waals surface area contributed by atoms with E-state index >= 15 is 0 Å². The maximum Gasteiger partial charge on any atom is 0.223 e. The van der Waals surface area contributed by atoms with Crippen molar-refractivity contribution in [2.24, 2.45) is 5.92 Å². The zero-order valence-electron chi connectivity index (χ0n) is 17.3. The third-order valence-electron chi connectivity index (χ3n) is 5.62. The molecule has 1 N–H and O–H groups in total. The second-order valence-corrected chi connectivity index (χ2v) is 7.79. The van der Waals surface area contributed by atoms with Gasteiger partial charge in [-0.2, -0.15) is 0 Å². The number of hydrogen-bond donors (Lipinski definition) is 1. The Balaban J connectivity index is 1.31. The summed E-state index contributed by atoms with van der Waals surface area (Å²) in [6, 6.07) is 12.9. The summed E-state index contributed by atoms with van der Waals surface area (Å²) in [5.74, 6) is 0.573. The van der Waals surface area contributed by atoms with Gasteiger partial charge in [-0.15, -0.1) is 0 Å².